The minimum absolute atomic E-state index is 0.475. The number of aromatic nitrogens is 8. The van der Waals surface area contributed by atoms with Crippen LogP contribution in [0.5, 0.6) is 0 Å². The van der Waals surface area contributed by atoms with Crippen LogP contribution in [0.4, 0.5) is 11.6 Å². The summed E-state index contributed by atoms with van der Waals surface area (Å²) in [5.74, 6) is 0.968. The van der Waals surface area contributed by atoms with Crippen molar-refractivity contribution in [3.05, 3.63) is 67.6 Å². The molecular formula is C18H13N9. The Morgan fingerprint density at radius 1 is 0.963 bits per heavy atom. The molecule has 1 aromatic carbocycles. The smallest absolute Gasteiger partial charge is 0.250 e. The zero-order valence-corrected chi connectivity index (χ0v) is 14.0. The molecule has 4 heterocycles. The van der Waals surface area contributed by atoms with Crippen LogP contribution in [0.25, 0.3) is 28.2 Å². The van der Waals surface area contributed by atoms with E-state index in [1.807, 2.05) is 24.3 Å². The lowest BCUT2D eigenvalue weighted by Gasteiger charge is -2.05. The van der Waals surface area contributed by atoms with Crippen LogP contribution in [0.1, 0.15) is 0 Å². The molecule has 2 N–H and O–H groups in total. The molecule has 0 saturated heterocycles. The number of anilines is 2. The number of fused-ring (bicyclic) bond motifs is 1. The first-order valence-electron chi connectivity index (χ1n) is 8.21. The molecule has 9 heteroatoms. The monoisotopic (exact) mass is 355 g/mol. The summed E-state index contributed by atoms with van der Waals surface area (Å²) in [5, 5.41) is 7.41. The summed E-state index contributed by atoms with van der Waals surface area (Å²) in [5.41, 5.74) is 4.39. The van der Waals surface area contributed by atoms with E-state index in [1.165, 1.54) is 0 Å². The molecule has 0 amide bonds. The summed E-state index contributed by atoms with van der Waals surface area (Å²) in [6, 6.07) is 9.59. The molecule has 4 aromatic heterocycles. The molecule has 0 spiro atoms. The van der Waals surface area contributed by atoms with Crippen LogP contribution >= 0.6 is 0 Å². The summed E-state index contributed by atoms with van der Waals surface area (Å²) < 4.78 is 1.58. The third kappa shape index (κ3) is 2.97. The minimum Gasteiger partial charge on any atom is -0.345 e. The van der Waals surface area contributed by atoms with Gasteiger partial charge < -0.3 is 10.3 Å². The molecule has 0 atom stereocenters. The summed E-state index contributed by atoms with van der Waals surface area (Å²) in [7, 11) is 0. The van der Waals surface area contributed by atoms with Crippen molar-refractivity contribution in [3.8, 4) is 17.2 Å². The lowest BCUT2D eigenvalue weighted by molar-refractivity contribution is 0.808. The normalized spacial score (nSPS) is 11.0. The molecule has 0 fully saturated rings. The highest BCUT2D eigenvalue weighted by Crippen LogP contribution is 2.22. The van der Waals surface area contributed by atoms with Crippen molar-refractivity contribution in [1.29, 1.82) is 0 Å². The Balaban J connectivity index is 1.42. The molecule has 0 bridgehead atoms. The van der Waals surface area contributed by atoms with Crippen molar-refractivity contribution in [3.63, 3.8) is 0 Å². The Labute approximate surface area is 153 Å². The molecule has 5 aromatic rings. The van der Waals surface area contributed by atoms with Gasteiger partial charge in [-0.05, 0) is 24.3 Å². The van der Waals surface area contributed by atoms with E-state index in [2.05, 4.69) is 40.3 Å². The fourth-order valence-electron chi connectivity index (χ4n) is 2.71. The Bertz CT molecular complexity index is 1210. The number of rotatable bonds is 4. The van der Waals surface area contributed by atoms with Gasteiger partial charge in [-0.1, -0.05) is 6.07 Å². The molecule has 0 saturated carbocycles. The van der Waals surface area contributed by atoms with Crippen LogP contribution in [-0.4, -0.2) is 39.7 Å². The predicted molar refractivity (Wildman–Crippen MR) is 99.6 cm³/mol. The third-order valence-corrected chi connectivity index (χ3v) is 3.97. The van der Waals surface area contributed by atoms with Gasteiger partial charge in [0.1, 0.15) is 0 Å². The maximum Gasteiger partial charge on any atom is 0.250 e. The predicted octanol–water partition coefficient (Wildman–Crippen LogP) is 2.74. The standard InChI is InChI=1S/C18H13N9/c1-5-20-18(21-6-1)27-10-13(9-24-27)25-17-19-7-4-14(26-17)12-2-3-15-16(8-12)23-11-22-15/h1-11H,(H,22,23)(H,19,25,26). The number of nitrogens with one attached hydrogen (secondary N) is 2. The van der Waals surface area contributed by atoms with E-state index in [-0.39, 0.29) is 0 Å². The molecule has 0 aliphatic rings. The van der Waals surface area contributed by atoms with Gasteiger partial charge in [0.25, 0.3) is 0 Å². The third-order valence-electron chi connectivity index (χ3n) is 3.97. The molecule has 0 aliphatic carbocycles. The second-order valence-electron chi connectivity index (χ2n) is 5.75. The molecule has 130 valence electrons. The molecule has 9 nitrogen and oxygen atoms in total. The number of benzene rings is 1. The molecule has 5 rings (SSSR count). The average Bonchev–Trinajstić information content (AvgIpc) is 3.38. The number of H-pyrrole nitrogens is 1. The van der Waals surface area contributed by atoms with Crippen molar-refractivity contribution < 1.29 is 0 Å². The van der Waals surface area contributed by atoms with E-state index in [9.17, 15) is 0 Å². The Hall–Kier alpha value is -4.14. The number of hydrogen-bond acceptors (Lipinski definition) is 7. The highest BCUT2D eigenvalue weighted by atomic mass is 15.3. The fourth-order valence-corrected chi connectivity index (χ4v) is 2.71. The minimum atomic E-state index is 0.475. The van der Waals surface area contributed by atoms with E-state index in [1.54, 1.807) is 48.1 Å². The maximum absolute atomic E-state index is 4.58. The molecule has 0 unspecified atom stereocenters. The average molecular weight is 355 g/mol. The van der Waals surface area contributed by atoms with Gasteiger partial charge in [-0.15, -0.1) is 0 Å². The van der Waals surface area contributed by atoms with Crippen LogP contribution in [0.3, 0.4) is 0 Å². The van der Waals surface area contributed by atoms with E-state index >= 15 is 0 Å². The number of hydrogen-bond donors (Lipinski definition) is 2. The number of imidazole rings is 1. The molecular weight excluding hydrogens is 342 g/mol. The van der Waals surface area contributed by atoms with Crippen LogP contribution in [0.2, 0.25) is 0 Å². The van der Waals surface area contributed by atoms with Gasteiger partial charge >= 0.3 is 0 Å². The highest BCUT2D eigenvalue weighted by Gasteiger charge is 2.07. The van der Waals surface area contributed by atoms with E-state index < -0.39 is 0 Å². The Morgan fingerprint density at radius 2 is 1.89 bits per heavy atom. The van der Waals surface area contributed by atoms with Gasteiger partial charge in [0, 0.05) is 24.2 Å². The van der Waals surface area contributed by atoms with Crippen molar-refractivity contribution >= 4 is 22.7 Å². The van der Waals surface area contributed by atoms with Crippen molar-refractivity contribution in [1.82, 2.24) is 39.7 Å². The van der Waals surface area contributed by atoms with Crippen molar-refractivity contribution in [2.24, 2.45) is 0 Å². The number of nitrogens with zero attached hydrogens (tertiary/aromatic N) is 7. The van der Waals surface area contributed by atoms with Crippen LogP contribution in [-0.2, 0) is 0 Å². The van der Waals surface area contributed by atoms with Gasteiger partial charge in [-0.2, -0.15) is 5.10 Å². The number of aromatic amines is 1. The van der Waals surface area contributed by atoms with E-state index in [0.29, 0.717) is 11.9 Å². The van der Waals surface area contributed by atoms with Crippen LogP contribution in [0, 0.1) is 0 Å². The van der Waals surface area contributed by atoms with Crippen molar-refractivity contribution in [2.45, 2.75) is 0 Å². The second kappa shape index (κ2) is 6.30. The SMILES string of the molecule is c1cnc(-n2cc(Nc3nccc(-c4ccc5[nH]cnc5c4)n3)cn2)nc1. The first kappa shape index (κ1) is 15.1. The van der Waals surface area contributed by atoms with Crippen LogP contribution in [0.15, 0.2) is 67.6 Å². The van der Waals surface area contributed by atoms with Gasteiger partial charge in [-0.3, -0.25) is 0 Å². The lowest BCUT2D eigenvalue weighted by atomic mass is 10.1. The highest BCUT2D eigenvalue weighted by molar-refractivity contribution is 5.80. The molecule has 0 aliphatic heterocycles. The van der Waals surface area contributed by atoms with Crippen LogP contribution < -0.4 is 5.32 Å². The Kier molecular flexibility index (Phi) is 3.53. The van der Waals surface area contributed by atoms with Crippen molar-refractivity contribution in [2.75, 3.05) is 5.32 Å². The first-order valence-corrected chi connectivity index (χ1v) is 8.21. The van der Waals surface area contributed by atoms with Gasteiger partial charge in [0.2, 0.25) is 11.9 Å². The van der Waals surface area contributed by atoms with E-state index in [0.717, 1.165) is 28.0 Å². The quantitative estimate of drug-likeness (QED) is 0.510. The Morgan fingerprint density at radius 3 is 2.81 bits per heavy atom. The zero-order chi connectivity index (χ0) is 18.1. The topological polar surface area (TPSA) is 110 Å². The lowest BCUT2D eigenvalue weighted by Crippen LogP contribution is -2.00. The largest absolute Gasteiger partial charge is 0.345 e. The molecule has 0 radical (unpaired) electrons. The van der Waals surface area contributed by atoms with Gasteiger partial charge in [0.15, 0.2) is 0 Å². The van der Waals surface area contributed by atoms with Gasteiger partial charge in [0.05, 0.1) is 41.1 Å². The zero-order valence-electron chi connectivity index (χ0n) is 14.0. The van der Waals surface area contributed by atoms with Gasteiger partial charge in [-0.25, -0.2) is 29.6 Å². The maximum atomic E-state index is 4.58. The summed E-state index contributed by atoms with van der Waals surface area (Å²) in [6.07, 6.45) is 10.2. The summed E-state index contributed by atoms with van der Waals surface area (Å²) in [4.78, 5) is 24.6. The second-order valence-corrected chi connectivity index (χ2v) is 5.75. The summed E-state index contributed by atoms with van der Waals surface area (Å²) in [6.45, 7) is 0. The van der Waals surface area contributed by atoms with E-state index in [4.69, 9.17) is 0 Å². The first-order chi connectivity index (χ1) is 13.3. The fraction of sp³-hybridized carbons (Fsp3) is 0. The molecule has 27 heavy (non-hydrogen) atoms. The summed E-state index contributed by atoms with van der Waals surface area (Å²) >= 11 is 0.